The largest absolute Gasteiger partial charge is 0.508 e. The van der Waals surface area contributed by atoms with Crippen LogP contribution in [0.5, 0.6) is 11.5 Å². The van der Waals surface area contributed by atoms with Crippen LogP contribution < -0.4 is 4.74 Å². The lowest BCUT2D eigenvalue weighted by molar-refractivity contribution is -0.246. The van der Waals surface area contributed by atoms with E-state index in [9.17, 15) is 20.4 Å². The smallest absolute Gasteiger partial charge is 0.184 e. The molecule has 0 bridgehead atoms. The molecule has 1 fully saturated rings. The lowest BCUT2D eigenvalue weighted by Gasteiger charge is -2.35. The summed E-state index contributed by atoms with van der Waals surface area (Å²) < 4.78 is 10.5. The van der Waals surface area contributed by atoms with E-state index in [-0.39, 0.29) is 12.4 Å². The predicted octanol–water partition coefficient (Wildman–Crippen LogP) is 0.363. The quantitative estimate of drug-likeness (QED) is 0.638. The topological polar surface area (TPSA) is 99.4 Å². The van der Waals surface area contributed by atoms with Gasteiger partial charge in [0.05, 0.1) is 6.61 Å². The standard InChI is InChI=1S/C15H16O6/c16-9-4-5-10-8(6-9)2-1-3-12(10)21-14-11(17)7-20-15(19)13(14)18/h1-6,11,13-19H,7H2/t11-,13-,14+,15-/m1/s1. The van der Waals surface area contributed by atoms with Gasteiger partial charge in [0.15, 0.2) is 12.4 Å². The van der Waals surface area contributed by atoms with E-state index in [4.69, 9.17) is 9.47 Å². The number of ether oxygens (including phenoxy) is 2. The molecule has 0 unspecified atom stereocenters. The molecule has 2 aromatic carbocycles. The van der Waals surface area contributed by atoms with E-state index in [0.29, 0.717) is 5.75 Å². The minimum absolute atomic E-state index is 0.117. The Labute approximate surface area is 120 Å². The molecule has 0 saturated carbocycles. The van der Waals surface area contributed by atoms with Gasteiger partial charge >= 0.3 is 0 Å². The van der Waals surface area contributed by atoms with Gasteiger partial charge in [-0.2, -0.15) is 0 Å². The molecule has 0 radical (unpaired) electrons. The lowest BCUT2D eigenvalue weighted by atomic mass is 10.0. The molecule has 112 valence electrons. The van der Waals surface area contributed by atoms with Crippen molar-refractivity contribution in [3.05, 3.63) is 36.4 Å². The Morgan fingerprint density at radius 3 is 2.71 bits per heavy atom. The molecule has 3 rings (SSSR count). The monoisotopic (exact) mass is 292 g/mol. The van der Waals surface area contributed by atoms with Crippen LogP contribution in [0.3, 0.4) is 0 Å². The van der Waals surface area contributed by atoms with Crippen LogP contribution in [-0.2, 0) is 4.74 Å². The Bertz CT molecular complexity index is 643. The summed E-state index contributed by atoms with van der Waals surface area (Å²) in [6.07, 6.45) is -4.78. The van der Waals surface area contributed by atoms with Crippen molar-refractivity contribution < 1.29 is 29.9 Å². The SMILES string of the molecule is Oc1ccc2c(O[C@@H]3[C@@H](O)[C@H](O)OC[C@H]3O)cccc2c1. The number of rotatable bonds is 2. The third-order valence-electron chi connectivity index (χ3n) is 3.53. The number of aromatic hydroxyl groups is 1. The molecule has 2 aromatic rings. The molecule has 1 aliphatic rings. The van der Waals surface area contributed by atoms with Gasteiger partial charge < -0.3 is 29.9 Å². The van der Waals surface area contributed by atoms with Crippen molar-refractivity contribution in [3.63, 3.8) is 0 Å². The van der Waals surface area contributed by atoms with Crippen molar-refractivity contribution in [2.45, 2.75) is 24.6 Å². The van der Waals surface area contributed by atoms with Gasteiger partial charge in [-0.15, -0.1) is 0 Å². The molecule has 6 nitrogen and oxygen atoms in total. The van der Waals surface area contributed by atoms with Crippen molar-refractivity contribution >= 4 is 10.8 Å². The number of fused-ring (bicyclic) bond motifs is 1. The van der Waals surface area contributed by atoms with Crippen molar-refractivity contribution in [2.75, 3.05) is 6.61 Å². The van der Waals surface area contributed by atoms with Gasteiger partial charge in [-0.25, -0.2) is 0 Å². The predicted molar refractivity (Wildman–Crippen MR) is 74.0 cm³/mol. The van der Waals surface area contributed by atoms with Gasteiger partial charge in [-0.1, -0.05) is 12.1 Å². The summed E-state index contributed by atoms with van der Waals surface area (Å²) >= 11 is 0. The summed E-state index contributed by atoms with van der Waals surface area (Å²) in [4.78, 5) is 0. The van der Waals surface area contributed by atoms with Gasteiger partial charge in [-0.3, -0.25) is 0 Å². The fourth-order valence-corrected chi connectivity index (χ4v) is 2.42. The van der Waals surface area contributed by atoms with Crippen LogP contribution in [0.2, 0.25) is 0 Å². The Morgan fingerprint density at radius 2 is 1.90 bits per heavy atom. The number of benzene rings is 2. The lowest BCUT2D eigenvalue weighted by Crippen LogP contribution is -2.55. The summed E-state index contributed by atoms with van der Waals surface area (Å²) in [6.45, 7) is -0.117. The molecule has 0 amide bonds. The van der Waals surface area contributed by atoms with Crippen LogP contribution in [0.15, 0.2) is 36.4 Å². The van der Waals surface area contributed by atoms with Crippen LogP contribution in [0.25, 0.3) is 10.8 Å². The van der Waals surface area contributed by atoms with E-state index in [1.807, 2.05) is 6.07 Å². The van der Waals surface area contributed by atoms with Crippen LogP contribution in [0.1, 0.15) is 0 Å². The Morgan fingerprint density at radius 1 is 1.10 bits per heavy atom. The van der Waals surface area contributed by atoms with Crippen molar-refractivity contribution in [1.82, 2.24) is 0 Å². The second-order valence-electron chi connectivity index (χ2n) is 5.03. The van der Waals surface area contributed by atoms with Crippen LogP contribution in [-0.4, -0.2) is 51.6 Å². The average molecular weight is 292 g/mol. The zero-order chi connectivity index (χ0) is 15.0. The van der Waals surface area contributed by atoms with Gasteiger partial charge in [0.25, 0.3) is 0 Å². The molecule has 1 heterocycles. The number of aliphatic hydroxyl groups is 3. The summed E-state index contributed by atoms with van der Waals surface area (Å²) in [6, 6.07) is 10.1. The molecule has 4 atom stereocenters. The Hall–Kier alpha value is -1.86. The van der Waals surface area contributed by atoms with Crippen molar-refractivity contribution in [2.24, 2.45) is 0 Å². The highest BCUT2D eigenvalue weighted by Gasteiger charge is 2.39. The molecule has 0 spiro atoms. The van der Waals surface area contributed by atoms with E-state index >= 15 is 0 Å². The summed E-state index contributed by atoms with van der Waals surface area (Å²) in [5.74, 6) is 0.589. The Kier molecular flexibility index (Phi) is 3.69. The first kappa shape index (κ1) is 14.1. The number of phenolic OH excluding ortho intramolecular Hbond substituents is 1. The number of aliphatic hydroxyl groups excluding tert-OH is 3. The Balaban J connectivity index is 1.94. The summed E-state index contributed by atoms with van der Waals surface area (Å²) in [5.41, 5.74) is 0. The highest BCUT2D eigenvalue weighted by molar-refractivity contribution is 5.89. The molecule has 0 aliphatic carbocycles. The fraction of sp³-hybridized carbons (Fsp3) is 0.333. The first-order chi connectivity index (χ1) is 10.1. The van der Waals surface area contributed by atoms with Crippen LogP contribution in [0.4, 0.5) is 0 Å². The van der Waals surface area contributed by atoms with E-state index < -0.39 is 24.6 Å². The van der Waals surface area contributed by atoms with Crippen LogP contribution in [0, 0.1) is 0 Å². The molecule has 21 heavy (non-hydrogen) atoms. The maximum absolute atomic E-state index is 9.89. The van der Waals surface area contributed by atoms with Crippen LogP contribution >= 0.6 is 0 Å². The normalized spacial score (nSPS) is 29.5. The third-order valence-corrected chi connectivity index (χ3v) is 3.53. The summed E-state index contributed by atoms with van der Waals surface area (Å²) in [7, 11) is 0. The molecule has 1 aliphatic heterocycles. The average Bonchev–Trinajstić information content (AvgIpc) is 2.47. The molecule has 6 heteroatoms. The second-order valence-corrected chi connectivity index (χ2v) is 5.03. The maximum atomic E-state index is 9.89. The fourth-order valence-electron chi connectivity index (χ4n) is 2.42. The van der Waals surface area contributed by atoms with Gasteiger partial charge in [-0.05, 0) is 29.7 Å². The molecule has 0 aromatic heterocycles. The first-order valence-electron chi connectivity index (χ1n) is 6.60. The number of phenols is 1. The maximum Gasteiger partial charge on any atom is 0.184 e. The minimum Gasteiger partial charge on any atom is -0.508 e. The van der Waals surface area contributed by atoms with E-state index in [1.165, 1.54) is 6.07 Å². The highest BCUT2D eigenvalue weighted by Crippen LogP contribution is 2.30. The van der Waals surface area contributed by atoms with E-state index in [2.05, 4.69) is 0 Å². The van der Waals surface area contributed by atoms with Gasteiger partial charge in [0.2, 0.25) is 0 Å². The summed E-state index contributed by atoms with van der Waals surface area (Å²) in [5, 5.41) is 40.2. The molecule has 1 saturated heterocycles. The zero-order valence-corrected chi connectivity index (χ0v) is 11.1. The van der Waals surface area contributed by atoms with Gasteiger partial charge in [0.1, 0.15) is 23.7 Å². The number of hydrogen-bond acceptors (Lipinski definition) is 6. The van der Waals surface area contributed by atoms with Crippen molar-refractivity contribution in [3.8, 4) is 11.5 Å². The van der Waals surface area contributed by atoms with E-state index in [0.717, 1.165) is 10.8 Å². The second kappa shape index (κ2) is 5.50. The molecular formula is C15H16O6. The van der Waals surface area contributed by atoms with Gasteiger partial charge in [0, 0.05) is 5.39 Å². The van der Waals surface area contributed by atoms with E-state index in [1.54, 1.807) is 24.3 Å². The van der Waals surface area contributed by atoms with Crippen molar-refractivity contribution in [1.29, 1.82) is 0 Å². The highest BCUT2D eigenvalue weighted by atomic mass is 16.6. The first-order valence-corrected chi connectivity index (χ1v) is 6.60. The molecular weight excluding hydrogens is 276 g/mol. The minimum atomic E-state index is -1.39. The number of hydrogen-bond donors (Lipinski definition) is 4. The molecule has 4 N–H and O–H groups in total. The zero-order valence-electron chi connectivity index (χ0n) is 11.1. The third kappa shape index (κ3) is 2.66.